The molecule has 1 N–H and O–H groups in total. The van der Waals surface area contributed by atoms with Gasteiger partial charge in [0.25, 0.3) is 5.91 Å². The molecule has 0 unspecified atom stereocenters. The average molecular weight is 549 g/mol. The zero-order valence-corrected chi connectivity index (χ0v) is 21.1. The van der Waals surface area contributed by atoms with Gasteiger partial charge in [-0.2, -0.15) is 9.41 Å². The zero-order valence-electron chi connectivity index (χ0n) is 17.9. The third-order valence-corrected chi connectivity index (χ3v) is 7.42. The number of nitrogens with one attached hydrogen (secondary N) is 1. The van der Waals surface area contributed by atoms with Gasteiger partial charge in [-0.25, -0.2) is 13.8 Å². The van der Waals surface area contributed by atoms with Crippen molar-refractivity contribution in [1.82, 2.24) is 9.73 Å². The van der Waals surface area contributed by atoms with Crippen LogP contribution in [0.2, 0.25) is 5.02 Å². The Labute approximate surface area is 207 Å². The zero-order chi connectivity index (χ0) is 23.8. The molecule has 0 spiro atoms. The number of nitrogens with zero attached hydrogens (tertiary/aromatic N) is 2. The molecule has 3 rings (SSSR count). The molecule has 0 aliphatic heterocycles. The third kappa shape index (κ3) is 7.23. The largest absolute Gasteiger partial charge is 0.272 e. The van der Waals surface area contributed by atoms with Gasteiger partial charge < -0.3 is 0 Å². The molecule has 6 nitrogen and oxygen atoms in total. The van der Waals surface area contributed by atoms with Gasteiger partial charge in [0, 0.05) is 16.0 Å². The summed E-state index contributed by atoms with van der Waals surface area (Å²) in [6, 6.07) is 20.8. The first-order chi connectivity index (χ1) is 15.8. The Hall–Kier alpha value is -2.52. The second kappa shape index (κ2) is 11.6. The molecule has 33 heavy (non-hydrogen) atoms. The highest BCUT2D eigenvalue weighted by Gasteiger charge is 2.27. The molecule has 0 aliphatic carbocycles. The van der Waals surface area contributed by atoms with E-state index in [0.29, 0.717) is 10.6 Å². The number of rotatable bonds is 9. The van der Waals surface area contributed by atoms with Crippen LogP contribution >= 0.6 is 27.5 Å². The van der Waals surface area contributed by atoms with Crippen molar-refractivity contribution >= 4 is 49.7 Å². The van der Waals surface area contributed by atoms with Crippen molar-refractivity contribution in [3.8, 4) is 0 Å². The smallest absolute Gasteiger partial charge is 0.255 e. The topological polar surface area (TPSA) is 78.8 Å². The van der Waals surface area contributed by atoms with Crippen molar-refractivity contribution in [1.29, 1.82) is 0 Å². The van der Waals surface area contributed by atoms with Gasteiger partial charge in [-0.05, 0) is 59.5 Å². The molecular formula is C24H23BrClN3O3S. The predicted molar refractivity (Wildman–Crippen MR) is 135 cm³/mol. The van der Waals surface area contributed by atoms with Crippen molar-refractivity contribution in [3.05, 3.63) is 99.0 Å². The van der Waals surface area contributed by atoms with Crippen LogP contribution in [0.1, 0.15) is 23.6 Å². The Morgan fingerprint density at radius 3 is 2.21 bits per heavy atom. The number of halogens is 2. The van der Waals surface area contributed by atoms with E-state index in [-0.39, 0.29) is 11.4 Å². The number of sulfonamides is 1. The molecule has 0 aliphatic rings. The summed E-state index contributed by atoms with van der Waals surface area (Å²) in [6.45, 7) is 1.68. The highest BCUT2D eigenvalue weighted by Crippen LogP contribution is 2.21. The highest BCUT2D eigenvalue weighted by atomic mass is 79.9. The van der Waals surface area contributed by atoms with Gasteiger partial charge in [-0.3, -0.25) is 4.79 Å². The molecule has 3 aromatic carbocycles. The lowest BCUT2D eigenvalue weighted by Gasteiger charge is -2.21. The summed E-state index contributed by atoms with van der Waals surface area (Å²) < 4.78 is 28.4. The van der Waals surface area contributed by atoms with E-state index < -0.39 is 22.5 Å². The molecule has 0 saturated carbocycles. The SMILES string of the molecule is CCc1ccc(/C=N\NC(=O)CN(Cc2ccc(Cl)cc2)S(=O)(=O)c2ccc(Br)cc2)cc1. The van der Waals surface area contributed by atoms with E-state index in [1.165, 1.54) is 23.9 Å². The number of hydrogen-bond acceptors (Lipinski definition) is 4. The van der Waals surface area contributed by atoms with Crippen molar-refractivity contribution in [3.63, 3.8) is 0 Å². The minimum absolute atomic E-state index is 0.00514. The van der Waals surface area contributed by atoms with E-state index in [1.54, 1.807) is 36.4 Å². The molecule has 0 fully saturated rings. The Kier molecular flexibility index (Phi) is 8.80. The van der Waals surface area contributed by atoms with E-state index >= 15 is 0 Å². The summed E-state index contributed by atoms with van der Waals surface area (Å²) in [5.41, 5.74) is 5.14. The van der Waals surface area contributed by atoms with Crippen LogP contribution in [0, 0.1) is 0 Å². The van der Waals surface area contributed by atoms with Crippen LogP contribution in [0.15, 0.2) is 87.3 Å². The normalized spacial score (nSPS) is 11.8. The molecule has 0 saturated heterocycles. The summed E-state index contributed by atoms with van der Waals surface area (Å²) in [5.74, 6) is -0.550. The van der Waals surface area contributed by atoms with Crippen molar-refractivity contribution in [2.75, 3.05) is 6.54 Å². The summed E-state index contributed by atoms with van der Waals surface area (Å²) >= 11 is 9.25. The Morgan fingerprint density at radius 2 is 1.61 bits per heavy atom. The van der Waals surface area contributed by atoms with Crippen LogP contribution in [0.4, 0.5) is 0 Å². The lowest BCUT2D eigenvalue weighted by molar-refractivity contribution is -0.121. The van der Waals surface area contributed by atoms with E-state index in [1.807, 2.05) is 24.3 Å². The number of carbonyl (C=O) groups excluding carboxylic acids is 1. The van der Waals surface area contributed by atoms with E-state index in [4.69, 9.17) is 11.6 Å². The fourth-order valence-corrected chi connectivity index (χ4v) is 4.76. The van der Waals surface area contributed by atoms with E-state index in [0.717, 1.165) is 20.8 Å². The van der Waals surface area contributed by atoms with Gasteiger partial charge in [0.15, 0.2) is 0 Å². The van der Waals surface area contributed by atoms with E-state index in [2.05, 4.69) is 33.4 Å². The van der Waals surface area contributed by atoms with Crippen LogP contribution in [-0.2, 0) is 27.8 Å². The maximum Gasteiger partial charge on any atom is 0.255 e. The first-order valence-corrected chi connectivity index (χ1v) is 12.8. The summed E-state index contributed by atoms with van der Waals surface area (Å²) in [7, 11) is -3.94. The summed E-state index contributed by atoms with van der Waals surface area (Å²) in [4.78, 5) is 12.7. The summed E-state index contributed by atoms with van der Waals surface area (Å²) in [6.07, 6.45) is 2.45. The molecule has 172 valence electrons. The van der Waals surface area contributed by atoms with Gasteiger partial charge in [-0.15, -0.1) is 0 Å². The number of carbonyl (C=O) groups is 1. The Bertz CT molecular complexity index is 1210. The van der Waals surface area contributed by atoms with E-state index in [9.17, 15) is 13.2 Å². The minimum atomic E-state index is -3.94. The van der Waals surface area contributed by atoms with Crippen LogP contribution in [0.5, 0.6) is 0 Å². The fraction of sp³-hybridized carbons (Fsp3) is 0.167. The number of aryl methyl sites for hydroxylation is 1. The second-order valence-corrected chi connectivity index (χ2v) is 10.5. The lowest BCUT2D eigenvalue weighted by atomic mass is 10.1. The molecule has 0 atom stereocenters. The number of hydrazone groups is 1. The maximum atomic E-state index is 13.3. The Balaban J connectivity index is 1.76. The summed E-state index contributed by atoms with van der Waals surface area (Å²) in [5, 5.41) is 4.51. The van der Waals surface area contributed by atoms with Crippen LogP contribution in [0.3, 0.4) is 0 Å². The number of hydrogen-bond donors (Lipinski definition) is 1. The lowest BCUT2D eigenvalue weighted by Crippen LogP contribution is -2.39. The van der Waals surface area contributed by atoms with Gasteiger partial charge in [0.2, 0.25) is 10.0 Å². The molecule has 0 radical (unpaired) electrons. The Morgan fingerprint density at radius 1 is 1.00 bits per heavy atom. The molecule has 0 bridgehead atoms. The minimum Gasteiger partial charge on any atom is -0.272 e. The van der Waals surface area contributed by atoms with Crippen LogP contribution in [-0.4, -0.2) is 31.4 Å². The van der Waals surface area contributed by atoms with Crippen molar-refractivity contribution < 1.29 is 13.2 Å². The molecule has 3 aromatic rings. The average Bonchev–Trinajstić information content (AvgIpc) is 2.81. The van der Waals surface area contributed by atoms with Crippen molar-refractivity contribution in [2.24, 2.45) is 5.10 Å². The number of benzene rings is 3. The van der Waals surface area contributed by atoms with Crippen LogP contribution in [0.25, 0.3) is 0 Å². The van der Waals surface area contributed by atoms with Crippen LogP contribution < -0.4 is 5.43 Å². The van der Waals surface area contributed by atoms with Gasteiger partial charge in [-0.1, -0.05) is 70.9 Å². The molecule has 0 aromatic heterocycles. The van der Waals surface area contributed by atoms with Gasteiger partial charge >= 0.3 is 0 Å². The number of amides is 1. The molecule has 1 amide bonds. The first kappa shape index (κ1) is 25.1. The first-order valence-electron chi connectivity index (χ1n) is 10.2. The van der Waals surface area contributed by atoms with Gasteiger partial charge in [0.1, 0.15) is 0 Å². The highest BCUT2D eigenvalue weighted by molar-refractivity contribution is 9.10. The van der Waals surface area contributed by atoms with Gasteiger partial charge in [0.05, 0.1) is 17.7 Å². The third-order valence-electron chi connectivity index (χ3n) is 4.83. The molecule has 0 heterocycles. The molecule has 9 heteroatoms. The monoisotopic (exact) mass is 547 g/mol. The second-order valence-electron chi connectivity index (χ2n) is 7.24. The predicted octanol–water partition coefficient (Wildman–Crippen LogP) is 5.01. The maximum absolute atomic E-state index is 13.3. The standard InChI is InChI=1S/C24H23BrClN3O3S/c1-2-18-3-5-19(6-4-18)15-27-28-24(30)17-29(16-20-7-11-22(26)12-8-20)33(31,32)23-13-9-21(25)10-14-23/h3-15H,2,16-17H2,1H3,(H,28,30)/b27-15-. The van der Waals surface area contributed by atoms with Crippen molar-refractivity contribution in [2.45, 2.75) is 24.8 Å². The molecular weight excluding hydrogens is 526 g/mol. The fourth-order valence-electron chi connectivity index (χ4n) is 2.99. The quantitative estimate of drug-likeness (QED) is 0.302.